The molecule has 4 heteroatoms. The van der Waals surface area contributed by atoms with Gasteiger partial charge in [0.1, 0.15) is 12.4 Å². The first-order chi connectivity index (χ1) is 11.2. The third-order valence-corrected chi connectivity index (χ3v) is 3.60. The summed E-state index contributed by atoms with van der Waals surface area (Å²) in [4.78, 5) is 0. The minimum Gasteiger partial charge on any atom is -0.489 e. The zero-order valence-corrected chi connectivity index (χ0v) is 14.1. The Kier molecular flexibility index (Phi) is 6.63. The zero-order chi connectivity index (χ0) is 16.5. The van der Waals surface area contributed by atoms with E-state index in [9.17, 15) is 0 Å². The fraction of sp³-hybridized carbons (Fsp3) is 0.211. The number of hydrogen-bond acceptors (Lipinski definition) is 2. The van der Waals surface area contributed by atoms with Gasteiger partial charge < -0.3 is 15.4 Å². The van der Waals surface area contributed by atoms with Crippen LogP contribution in [0.2, 0.25) is 0 Å². The molecule has 0 saturated carbocycles. The van der Waals surface area contributed by atoms with Crippen LogP contribution in [0.3, 0.4) is 0 Å². The number of anilines is 1. The summed E-state index contributed by atoms with van der Waals surface area (Å²) in [6.07, 6.45) is 2.67. The number of ether oxygens (including phenoxy) is 1. The van der Waals surface area contributed by atoms with Gasteiger partial charge in [0.15, 0.2) is 5.11 Å². The molecule has 2 aromatic carbocycles. The lowest BCUT2D eigenvalue weighted by molar-refractivity contribution is 0.363. The molecule has 2 aromatic rings. The Bertz CT molecular complexity index is 643. The highest BCUT2D eigenvalue weighted by Gasteiger charge is 2.10. The standard InChI is InChI=1S/C19H22N2OS/c1-3-13-22-17-12-8-11-16(14-17)20-19(23)21-18(4-2)15-9-6-5-7-10-15/h3,5-12,14,18H,1,4,13H2,2H3,(H2,20,21,23). The highest BCUT2D eigenvalue weighted by Crippen LogP contribution is 2.19. The molecule has 0 heterocycles. The minimum atomic E-state index is 0.191. The summed E-state index contributed by atoms with van der Waals surface area (Å²) in [6.45, 7) is 6.27. The monoisotopic (exact) mass is 326 g/mol. The molecule has 0 aromatic heterocycles. The fourth-order valence-electron chi connectivity index (χ4n) is 2.25. The van der Waals surface area contributed by atoms with E-state index in [1.807, 2.05) is 42.5 Å². The normalized spacial score (nSPS) is 11.3. The fourth-order valence-corrected chi connectivity index (χ4v) is 2.51. The largest absolute Gasteiger partial charge is 0.489 e. The summed E-state index contributed by atoms with van der Waals surface area (Å²) in [5.41, 5.74) is 2.12. The third-order valence-electron chi connectivity index (χ3n) is 3.38. The lowest BCUT2D eigenvalue weighted by Crippen LogP contribution is -2.32. The van der Waals surface area contributed by atoms with Crippen molar-refractivity contribution in [2.75, 3.05) is 11.9 Å². The molecule has 0 aliphatic carbocycles. The molecule has 0 aliphatic heterocycles. The van der Waals surface area contributed by atoms with Crippen LogP contribution in [0.1, 0.15) is 24.9 Å². The highest BCUT2D eigenvalue weighted by atomic mass is 32.1. The number of benzene rings is 2. The van der Waals surface area contributed by atoms with Gasteiger partial charge in [-0.25, -0.2) is 0 Å². The summed E-state index contributed by atoms with van der Waals surface area (Å²) in [6, 6.07) is 18.2. The topological polar surface area (TPSA) is 33.3 Å². The van der Waals surface area contributed by atoms with Gasteiger partial charge in [-0.15, -0.1) is 0 Å². The van der Waals surface area contributed by atoms with E-state index in [1.54, 1.807) is 6.08 Å². The van der Waals surface area contributed by atoms with Crippen LogP contribution >= 0.6 is 12.2 Å². The first-order valence-corrected chi connectivity index (χ1v) is 8.10. The van der Waals surface area contributed by atoms with Crippen molar-refractivity contribution < 1.29 is 4.74 Å². The Morgan fingerprint density at radius 2 is 2.00 bits per heavy atom. The predicted octanol–water partition coefficient (Wildman–Crippen LogP) is 4.69. The van der Waals surface area contributed by atoms with Gasteiger partial charge in [-0.1, -0.05) is 56.0 Å². The van der Waals surface area contributed by atoms with Crippen molar-refractivity contribution in [2.24, 2.45) is 0 Å². The first kappa shape index (κ1) is 17.0. The van der Waals surface area contributed by atoms with Gasteiger partial charge >= 0.3 is 0 Å². The lowest BCUT2D eigenvalue weighted by atomic mass is 10.1. The van der Waals surface area contributed by atoms with E-state index in [2.05, 4.69) is 36.3 Å². The third kappa shape index (κ3) is 5.42. The molecule has 1 atom stereocenters. The van der Waals surface area contributed by atoms with Gasteiger partial charge in [-0.3, -0.25) is 0 Å². The highest BCUT2D eigenvalue weighted by molar-refractivity contribution is 7.80. The number of nitrogens with one attached hydrogen (secondary N) is 2. The molecule has 120 valence electrons. The van der Waals surface area contributed by atoms with Crippen molar-refractivity contribution >= 4 is 23.0 Å². The Balaban J connectivity index is 1.97. The maximum Gasteiger partial charge on any atom is 0.171 e. The van der Waals surface area contributed by atoms with Gasteiger partial charge in [-0.05, 0) is 36.3 Å². The summed E-state index contributed by atoms with van der Waals surface area (Å²) in [5, 5.41) is 7.16. The Morgan fingerprint density at radius 3 is 2.70 bits per heavy atom. The number of rotatable bonds is 7. The quantitative estimate of drug-likeness (QED) is 0.571. The summed E-state index contributed by atoms with van der Waals surface area (Å²) < 4.78 is 5.53. The van der Waals surface area contributed by atoms with Crippen LogP contribution in [0.4, 0.5) is 5.69 Å². The average Bonchev–Trinajstić information content (AvgIpc) is 2.59. The van der Waals surface area contributed by atoms with E-state index in [0.29, 0.717) is 11.7 Å². The number of thiocarbonyl (C=S) groups is 1. The molecule has 0 aliphatic rings. The van der Waals surface area contributed by atoms with Crippen LogP contribution < -0.4 is 15.4 Å². The molecule has 0 saturated heterocycles. The van der Waals surface area contributed by atoms with E-state index in [0.717, 1.165) is 17.9 Å². The van der Waals surface area contributed by atoms with Crippen molar-refractivity contribution in [3.8, 4) is 5.75 Å². The van der Waals surface area contributed by atoms with Crippen LogP contribution in [0.15, 0.2) is 67.3 Å². The molecule has 0 spiro atoms. The van der Waals surface area contributed by atoms with E-state index < -0.39 is 0 Å². The predicted molar refractivity (Wildman–Crippen MR) is 101 cm³/mol. The lowest BCUT2D eigenvalue weighted by Gasteiger charge is -2.20. The Labute approximate surface area is 143 Å². The molecule has 0 radical (unpaired) electrons. The van der Waals surface area contributed by atoms with Crippen molar-refractivity contribution in [1.29, 1.82) is 0 Å². The van der Waals surface area contributed by atoms with Crippen molar-refractivity contribution in [3.63, 3.8) is 0 Å². The van der Waals surface area contributed by atoms with E-state index >= 15 is 0 Å². The smallest absolute Gasteiger partial charge is 0.171 e. The van der Waals surface area contributed by atoms with Crippen LogP contribution in [0.25, 0.3) is 0 Å². The SMILES string of the molecule is C=CCOc1cccc(NC(=S)NC(CC)c2ccccc2)c1. The van der Waals surface area contributed by atoms with Crippen LogP contribution in [-0.4, -0.2) is 11.7 Å². The molecule has 0 bridgehead atoms. The molecular formula is C19H22N2OS. The van der Waals surface area contributed by atoms with Crippen molar-refractivity contribution in [1.82, 2.24) is 5.32 Å². The van der Waals surface area contributed by atoms with Crippen molar-refractivity contribution in [2.45, 2.75) is 19.4 Å². The maximum atomic E-state index is 5.53. The first-order valence-electron chi connectivity index (χ1n) is 7.69. The molecule has 1 unspecified atom stereocenters. The van der Waals surface area contributed by atoms with Gasteiger partial charge in [0.05, 0.1) is 6.04 Å². The van der Waals surface area contributed by atoms with Gasteiger partial charge in [-0.2, -0.15) is 0 Å². The van der Waals surface area contributed by atoms with E-state index in [1.165, 1.54) is 5.56 Å². The second-order valence-corrected chi connectivity index (χ2v) is 5.51. The molecule has 2 rings (SSSR count). The summed E-state index contributed by atoms with van der Waals surface area (Å²) in [7, 11) is 0. The second kappa shape index (κ2) is 8.96. The average molecular weight is 326 g/mol. The Hall–Kier alpha value is -2.33. The molecule has 3 nitrogen and oxygen atoms in total. The molecule has 2 N–H and O–H groups in total. The Morgan fingerprint density at radius 1 is 1.22 bits per heavy atom. The van der Waals surface area contributed by atoms with Gasteiger partial charge in [0.2, 0.25) is 0 Å². The second-order valence-electron chi connectivity index (χ2n) is 5.10. The van der Waals surface area contributed by atoms with Crippen molar-refractivity contribution in [3.05, 3.63) is 72.8 Å². The summed E-state index contributed by atoms with van der Waals surface area (Å²) >= 11 is 5.43. The maximum absolute atomic E-state index is 5.53. The van der Waals surface area contributed by atoms with Gasteiger partial charge in [0, 0.05) is 11.8 Å². The molecule has 0 fully saturated rings. The van der Waals surface area contributed by atoms with Crippen LogP contribution in [-0.2, 0) is 0 Å². The molecule has 0 amide bonds. The van der Waals surface area contributed by atoms with Crippen LogP contribution in [0.5, 0.6) is 5.75 Å². The minimum absolute atomic E-state index is 0.191. The van der Waals surface area contributed by atoms with E-state index in [-0.39, 0.29) is 6.04 Å². The van der Waals surface area contributed by atoms with E-state index in [4.69, 9.17) is 17.0 Å². The van der Waals surface area contributed by atoms with Crippen LogP contribution in [0, 0.1) is 0 Å². The zero-order valence-electron chi connectivity index (χ0n) is 13.3. The molecular weight excluding hydrogens is 304 g/mol. The summed E-state index contributed by atoms with van der Waals surface area (Å²) in [5.74, 6) is 0.785. The van der Waals surface area contributed by atoms with Gasteiger partial charge in [0.25, 0.3) is 0 Å². The number of hydrogen-bond donors (Lipinski definition) is 2. The molecule has 23 heavy (non-hydrogen) atoms.